The zero-order chi connectivity index (χ0) is 15.5. The number of thioether (sulfide) groups is 1. The number of carbonyl (C=O) groups is 2. The maximum atomic E-state index is 12.0. The van der Waals surface area contributed by atoms with E-state index >= 15 is 0 Å². The molecule has 1 fully saturated rings. The molecular weight excluding hydrogens is 356 g/mol. The first-order chi connectivity index (χ1) is 9.89. The summed E-state index contributed by atoms with van der Waals surface area (Å²) in [4.78, 5) is 23.1. The van der Waals surface area contributed by atoms with Crippen LogP contribution in [0.4, 0.5) is 10.5 Å². The molecule has 0 spiro atoms. The number of aromatic carboxylic acids is 1. The van der Waals surface area contributed by atoms with E-state index in [-0.39, 0.29) is 22.0 Å². The molecule has 0 radical (unpaired) electrons. The van der Waals surface area contributed by atoms with Gasteiger partial charge in [-0.15, -0.1) is 0 Å². The largest absolute Gasteiger partial charge is 0.478 e. The number of rotatable bonds is 4. The highest BCUT2D eigenvalue weighted by Gasteiger charge is 2.29. The van der Waals surface area contributed by atoms with E-state index < -0.39 is 5.97 Å². The molecule has 2 amide bonds. The second kappa shape index (κ2) is 6.70. The van der Waals surface area contributed by atoms with Crippen LogP contribution >= 0.6 is 27.7 Å². The third-order valence-corrected chi connectivity index (χ3v) is 5.42. The lowest BCUT2D eigenvalue weighted by molar-refractivity contribution is 0.0698. The summed E-state index contributed by atoms with van der Waals surface area (Å²) in [5.41, 5.74) is 0.341. The summed E-state index contributed by atoms with van der Waals surface area (Å²) in [5.74, 6) is 0.0466. The van der Waals surface area contributed by atoms with Crippen molar-refractivity contribution in [3.05, 3.63) is 28.2 Å². The van der Waals surface area contributed by atoms with Crippen LogP contribution in [0.25, 0.3) is 0 Å². The van der Waals surface area contributed by atoms with Gasteiger partial charge in [-0.25, -0.2) is 9.59 Å². The quantitative estimate of drug-likeness (QED) is 0.754. The number of anilines is 1. The van der Waals surface area contributed by atoms with Crippen LogP contribution in [-0.4, -0.2) is 34.2 Å². The Morgan fingerprint density at radius 1 is 1.48 bits per heavy atom. The number of urea groups is 1. The number of hydrogen-bond donors (Lipinski definition) is 3. The highest BCUT2D eigenvalue weighted by atomic mass is 79.9. The van der Waals surface area contributed by atoms with Gasteiger partial charge in [-0.2, -0.15) is 11.8 Å². The van der Waals surface area contributed by atoms with Crippen molar-refractivity contribution in [2.24, 2.45) is 0 Å². The van der Waals surface area contributed by atoms with E-state index in [0.29, 0.717) is 11.0 Å². The van der Waals surface area contributed by atoms with E-state index in [4.69, 9.17) is 5.11 Å². The fraction of sp³-hybridized carbons (Fsp3) is 0.429. The lowest BCUT2D eigenvalue weighted by Crippen LogP contribution is -2.39. The maximum absolute atomic E-state index is 12.0. The first-order valence-corrected chi connectivity index (χ1v) is 8.39. The Bertz CT molecular complexity index is 559. The molecule has 1 unspecified atom stereocenters. The van der Waals surface area contributed by atoms with Gasteiger partial charge in [0.05, 0.1) is 11.3 Å². The number of carboxylic acids is 1. The number of carboxylic acid groups (broad SMARTS) is 1. The van der Waals surface area contributed by atoms with Gasteiger partial charge in [0.1, 0.15) is 0 Å². The Morgan fingerprint density at radius 2 is 2.24 bits per heavy atom. The molecule has 1 heterocycles. The minimum Gasteiger partial charge on any atom is -0.478 e. The molecule has 1 atom stereocenters. The second-order valence-corrected chi connectivity index (χ2v) is 7.80. The Kier molecular flexibility index (Phi) is 5.16. The van der Waals surface area contributed by atoms with Crippen molar-refractivity contribution in [1.29, 1.82) is 0 Å². The predicted octanol–water partition coefficient (Wildman–Crippen LogP) is 3.55. The summed E-state index contributed by atoms with van der Waals surface area (Å²) in [5, 5.41) is 14.5. The Balaban J connectivity index is 1.99. The highest BCUT2D eigenvalue weighted by molar-refractivity contribution is 9.10. The van der Waals surface area contributed by atoms with Gasteiger partial charge in [0, 0.05) is 15.8 Å². The van der Waals surface area contributed by atoms with E-state index in [9.17, 15) is 9.59 Å². The molecule has 1 aromatic carbocycles. The third-order valence-electron chi connectivity index (χ3n) is 3.38. The fourth-order valence-corrected chi connectivity index (χ4v) is 3.82. The van der Waals surface area contributed by atoms with Crippen LogP contribution in [0, 0.1) is 0 Å². The van der Waals surface area contributed by atoms with Gasteiger partial charge in [0.25, 0.3) is 0 Å². The van der Waals surface area contributed by atoms with Gasteiger partial charge >= 0.3 is 12.0 Å². The molecule has 1 saturated heterocycles. The van der Waals surface area contributed by atoms with Gasteiger partial charge in [-0.05, 0) is 43.7 Å². The first-order valence-electron chi connectivity index (χ1n) is 6.61. The first kappa shape index (κ1) is 16.2. The number of hydrogen-bond acceptors (Lipinski definition) is 3. The second-order valence-electron chi connectivity index (χ2n) is 5.20. The minimum atomic E-state index is -1.07. The SMILES string of the molecule is CC1(CNC(=O)Nc2cc(Br)ccc2C(=O)O)CCCS1. The molecule has 5 nitrogen and oxygen atoms in total. The molecule has 2 rings (SSSR count). The molecule has 7 heteroatoms. The van der Waals surface area contributed by atoms with Gasteiger partial charge < -0.3 is 15.7 Å². The van der Waals surface area contributed by atoms with E-state index in [2.05, 4.69) is 33.5 Å². The van der Waals surface area contributed by atoms with Crippen molar-refractivity contribution < 1.29 is 14.7 Å². The predicted molar refractivity (Wildman–Crippen MR) is 88.2 cm³/mol. The zero-order valence-electron chi connectivity index (χ0n) is 11.6. The van der Waals surface area contributed by atoms with Crippen LogP contribution in [0.1, 0.15) is 30.1 Å². The maximum Gasteiger partial charge on any atom is 0.337 e. The van der Waals surface area contributed by atoms with E-state index in [1.54, 1.807) is 12.1 Å². The van der Waals surface area contributed by atoms with Crippen molar-refractivity contribution in [2.45, 2.75) is 24.5 Å². The van der Waals surface area contributed by atoms with Gasteiger partial charge in [-0.1, -0.05) is 15.9 Å². The van der Waals surface area contributed by atoms with Gasteiger partial charge in [-0.3, -0.25) is 0 Å². The Hall–Kier alpha value is -1.21. The van der Waals surface area contributed by atoms with Crippen LogP contribution in [0.3, 0.4) is 0 Å². The lowest BCUT2D eigenvalue weighted by atomic mass is 10.1. The van der Waals surface area contributed by atoms with Crippen molar-refractivity contribution in [3.8, 4) is 0 Å². The molecule has 0 saturated carbocycles. The molecule has 21 heavy (non-hydrogen) atoms. The smallest absolute Gasteiger partial charge is 0.337 e. The lowest BCUT2D eigenvalue weighted by Gasteiger charge is -2.23. The van der Waals surface area contributed by atoms with Gasteiger partial charge in [0.15, 0.2) is 0 Å². The normalized spacial score (nSPS) is 21.0. The number of carbonyl (C=O) groups excluding carboxylic acids is 1. The number of amides is 2. The zero-order valence-corrected chi connectivity index (χ0v) is 14.0. The average Bonchev–Trinajstić information content (AvgIpc) is 2.84. The van der Waals surface area contributed by atoms with E-state index in [0.717, 1.165) is 12.2 Å². The van der Waals surface area contributed by atoms with Crippen molar-refractivity contribution in [1.82, 2.24) is 5.32 Å². The highest BCUT2D eigenvalue weighted by Crippen LogP contribution is 2.36. The molecule has 114 valence electrons. The molecule has 0 aromatic heterocycles. The standard InChI is InChI=1S/C14H17BrN2O3S/c1-14(5-2-6-21-14)8-16-13(20)17-11-7-9(15)3-4-10(11)12(18)19/h3-4,7H,2,5-6,8H2,1H3,(H,18,19)(H2,16,17,20). The third kappa shape index (κ3) is 4.38. The van der Waals surface area contributed by atoms with E-state index in [1.807, 2.05) is 11.8 Å². The molecule has 1 aromatic rings. The average molecular weight is 373 g/mol. The molecule has 0 bridgehead atoms. The molecule has 3 N–H and O–H groups in total. The van der Waals surface area contributed by atoms with Crippen molar-refractivity contribution >= 4 is 45.4 Å². The minimum absolute atomic E-state index is 0.0646. The van der Waals surface area contributed by atoms with Gasteiger partial charge in [0.2, 0.25) is 0 Å². The summed E-state index contributed by atoms with van der Waals surface area (Å²) < 4.78 is 0.783. The topological polar surface area (TPSA) is 78.4 Å². The fourth-order valence-electron chi connectivity index (χ4n) is 2.22. The van der Waals surface area contributed by atoms with E-state index in [1.165, 1.54) is 12.5 Å². The number of halogens is 1. The van der Waals surface area contributed by atoms with Crippen LogP contribution in [0.2, 0.25) is 0 Å². The Labute approximate surface area is 136 Å². The summed E-state index contributed by atoms with van der Waals surface area (Å²) in [6, 6.07) is 4.28. The van der Waals surface area contributed by atoms with Crippen LogP contribution in [-0.2, 0) is 0 Å². The van der Waals surface area contributed by atoms with Crippen molar-refractivity contribution in [2.75, 3.05) is 17.6 Å². The molecule has 1 aliphatic rings. The van der Waals surface area contributed by atoms with Crippen LogP contribution < -0.4 is 10.6 Å². The molecule has 0 aliphatic carbocycles. The molecular formula is C14H17BrN2O3S. The molecule has 1 aliphatic heterocycles. The summed E-state index contributed by atoms with van der Waals surface area (Å²) in [7, 11) is 0. The Morgan fingerprint density at radius 3 is 2.86 bits per heavy atom. The summed E-state index contributed by atoms with van der Waals surface area (Å²) in [6.07, 6.45) is 2.24. The van der Waals surface area contributed by atoms with Crippen LogP contribution in [0.5, 0.6) is 0 Å². The number of nitrogens with one attached hydrogen (secondary N) is 2. The summed E-state index contributed by atoms with van der Waals surface area (Å²) in [6.45, 7) is 2.70. The van der Waals surface area contributed by atoms with Crippen LogP contribution in [0.15, 0.2) is 22.7 Å². The monoisotopic (exact) mass is 372 g/mol. The van der Waals surface area contributed by atoms with Crippen molar-refractivity contribution in [3.63, 3.8) is 0 Å². The summed E-state index contributed by atoms with van der Waals surface area (Å²) >= 11 is 5.13. The number of benzene rings is 1.